The maximum Gasteiger partial charge on any atom is 0.147 e. The van der Waals surface area contributed by atoms with Crippen LogP contribution in [0.3, 0.4) is 0 Å². The topological polar surface area (TPSA) is 77.4 Å². The van der Waals surface area contributed by atoms with Gasteiger partial charge in [-0.2, -0.15) is 5.26 Å². The molecular formula is C26H22FN5S. The van der Waals surface area contributed by atoms with Crippen molar-refractivity contribution in [3.63, 3.8) is 0 Å². The van der Waals surface area contributed by atoms with Gasteiger partial charge in [-0.05, 0) is 54.7 Å². The third-order valence-electron chi connectivity index (χ3n) is 5.93. The Morgan fingerprint density at radius 1 is 1.12 bits per heavy atom. The van der Waals surface area contributed by atoms with Gasteiger partial charge in [-0.25, -0.2) is 14.4 Å². The molecule has 5 aromatic rings. The van der Waals surface area contributed by atoms with Crippen LogP contribution in [0, 0.1) is 31.0 Å². The average Bonchev–Trinajstić information content (AvgIpc) is 3.40. The zero-order valence-corrected chi connectivity index (χ0v) is 19.2. The predicted molar refractivity (Wildman–Crippen MR) is 132 cm³/mol. The number of nitrogens with zero attached hydrogens (tertiary/aromatic N) is 3. The Kier molecular flexibility index (Phi) is 5.53. The Morgan fingerprint density at radius 2 is 1.94 bits per heavy atom. The van der Waals surface area contributed by atoms with E-state index in [-0.39, 0.29) is 5.82 Å². The first-order valence-electron chi connectivity index (χ1n) is 10.8. The zero-order chi connectivity index (χ0) is 22.9. The highest BCUT2D eigenvalue weighted by atomic mass is 32.1. The number of hydrogen-bond acceptors (Lipinski definition) is 5. The predicted octanol–water partition coefficient (Wildman–Crippen LogP) is 6.32. The number of anilines is 1. The van der Waals surface area contributed by atoms with Gasteiger partial charge in [0.05, 0.1) is 28.2 Å². The van der Waals surface area contributed by atoms with Gasteiger partial charge in [0.1, 0.15) is 18.0 Å². The fraction of sp³-hybridized carbons (Fsp3) is 0.192. The molecule has 164 valence electrons. The molecule has 0 atom stereocenters. The molecular weight excluding hydrogens is 433 g/mol. The third-order valence-corrected chi connectivity index (χ3v) is 7.11. The van der Waals surface area contributed by atoms with Crippen molar-refractivity contribution in [3.8, 4) is 16.5 Å². The van der Waals surface area contributed by atoms with Crippen LogP contribution in [0.2, 0.25) is 0 Å². The summed E-state index contributed by atoms with van der Waals surface area (Å²) in [5.41, 5.74) is 6.77. The molecule has 5 nitrogen and oxygen atoms in total. The minimum absolute atomic E-state index is 0.220. The second-order valence-corrected chi connectivity index (χ2v) is 9.15. The molecule has 0 amide bonds. The van der Waals surface area contributed by atoms with Crippen LogP contribution >= 0.6 is 11.3 Å². The van der Waals surface area contributed by atoms with Gasteiger partial charge in [0, 0.05) is 22.5 Å². The van der Waals surface area contributed by atoms with E-state index in [9.17, 15) is 4.39 Å². The van der Waals surface area contributed by atoms with E-state index in [1.807, 2.05) is 44.2 Å². The maximum atomic E-state index is 14.2. The lowest BCUT2D eigenvalue weighted by Crippen LogP contribution is -2.07. The Labute approximate surface area is 194 Å². The largest absolute Gasteiger partial charge is 0.368 e. The summed E-state index contributed by atoms with van der Waals surface area (Å²) >= 11 is 1.65. The first-order valence-corrected chi connectivity index (χ1v) is 11.6. The van der Waals surface area contributed by atoms with E-state index in [4.69, 9.17) is 5.26 Å². The van der Waals surface area contributed by atoms with Gasteiger partial charge in [-0.3, -0.25) is 0 Å². The van der Waals surface area contributed by atoms with Crippen molar-refractivity contribution < 1.29 is 4.39 Å². The minimum atomic E-state index is -0.220. The molecule has 33 heavy (non-hydrogen) atoms. The summed E-state index contributed by atoms with van der Waals surface area (Å²) < 4.78 is 15.3. The number of H-pyrrole nitrogens is 1. The zero-order valence-electron chi connectivity index (χ0n) is 18.4. The number of nitrogens with one attached hydrogen (secondary N) is 2. The van der Waals surface area contributed by atoms with E-state index < -0.39 is 0 Å². The van der Waals surface area contributed by atoms with Crippen LogP contribution in [0.4, 0.5) is 10.2 Å². The number of fused-ring (bicyclic) bond motifs is 2. The molecule has 5 rings (SSSR count). The molecule has 0 aliphatic rings. The smallest absolute Gasteiger partial charge is 0.147 e. The van der Waals surface area contributed by atoms with Gasteiger partial charge in [-0.1, -0.05) is 30.3 Å². The number of rotatable bonds is 6. The highest BCUT2D eigenvalue weighted by Crippen LogP contribution is 2.36. The van der Waals surface area contributed by atoms with E-state index in [0.717, 1.165) is 60.7 Å². The first-order chi connectivity index (χ1) is 16.0. The molecule has 0 spiro atoms. The second kappa shape index (κ2) is 8.64. The molecule has 0 bridgehead atoms. The Hall–Kier alpha value is -3.76. The van der Waals surface area contributed by atoms with E-state index in [0.29, 0.717) is 18.5 Å². The summed E-state index contributed by atoms with van der Waals surface area (Å²) in [5.74, 6) is 0.583. The van der Waals surface area contributed by atoms with Crippen LogP contribution in [0.15, 0.2) is 48.8 Å². The normalized spacial score (nSPS) is 11.2. The molecule has 0 aliphatic heterocycles. The first kappa shape index (κ1) is 21.1. The van der Waals surface area contributed by atoms with E-state index in [1.165, 1.54) is 6.07 Å². The Bertz CT molecular complexity index is 1510. The molecule has 2 N–H and O–H groups in total. The number of benzene rings is 2. The number of aromatic amines is 1. The van der Waals surface area contributed by atoms with Crippen molar-refractivity contribution in [3.05, 3.63) is 77.0 Å². The van der Waals surface area contributed by atoms with Crippen molar-refractivity contribution in [1.82, 2.24) is 15.0 Å². The Balaban J connectivity index is 1.38. The number of hydrogen-bond donors (Lipinski definition) is 2. The van der Waals surface area contributed by atoms with E-state index >= 15 is 0 Å². The monoisotopic (exact) mass is 455 g/mol. The standard InChI is InChI=1S/C26H22FN5S/c1-15-3-8-20(27)24-23(15)19(16(2)32-24)10-12-29-26-25-21(30-14-31-26)13-22(33-25)18-6-4-17(5-7-18)9-11-28/h3-8,13-14,32H,9-10,12H2,1-2H3,(H,29,30,31). The summed E-state index contributed by atoms with van der Waals surface area (Å²) in [5, 5.41) is 13.3. The number of aromatic nitrogens is 3. The highest BCUT2D eigenvalue weighted by Gasteiger charge is 2.15. The Morgan fingerprint density at radius 3 is 2.73 bits per heavy atom. The summed E-state index contributed by atoms with van der Waals surface area (Å²) in [6.45, 7) is 4.68. The molecule has 3 heterocycles. The summed E-state index contributed by atoms with van der Waals surface area (Å²) in [6.07, 6.45) is 2.74. The van der Waals surface area contributed by atoms with Crippen LogP contribution in [-0.2, 0) is 12.8 Å². The molecule has 0 saturated heterocycles. The minimum Gasteiger partial charge on any atom is -0.368 e. The van der Waals surface area contributed by atoms with Crippen LogP contribution < -0.4 is 5.32 Å². The van der Waals surface area contributed by atoms with Gasteiger partial charge in [0.25, 0.3) is 0 Å². The maximum absolute atomic E-state index is 14.2. The highest BCUT2D eigenvalue weighted by molar-refractivity contribution is 7.22. The van der Waals surface area contributed by atoms with Crippen LogP contribution in [0.25, 0.3) is 31.6 Å². The van der Waals surface area contributed by atoms with Crippen LogP contribution in [0.5, 0.6) is 0 Å². The molecule has 3 aromatic heterocycles. The summed E-state index contributed by atoms with van der Waals surface area (Å²) in [7, 11) is 0. The third kappa shape index (κ3) is 3.94. The van der Waals surface area contributed by atoms with Crippen LogP contribution in [-0.4, -0.2) is 21.5 Å². The molecule has 0 saturated carbocycles. The molecule has 7 heteroatoms. The van der Waals surface area contributed by atoms with E-state index in [2.05, 4.69) is 32.4 Å². The van der Waals surface area contributed by atoms with Gasteiger partial charge in [-0.15, -0.1) is 11.3 Å². The van der Waals surface area contributed by atoms with Gasteiger partial charge in [0.2, 0.25) is 0 Å². The number of aryl methyl sites for hydroxylation is 2. The SMILES string of the molecule is Cc1[nH]c2c(F)ccc(C)c2c1CCNc1ncnc2cc(-c3ccc(CC#N)cc3)sc12. The van der Waals surface area contributed by atoms with Crippen molar-refractivity contribution in [1.29, 1.82) is 5.26 Å². The molecule has 0 aliphatic carbocycles. The number of halogens is 1. The molecule has 0 unspecified atom stereocenters. The van der Waals surface area contributed by atoms with E-state index in [1.54, 1.807) is 17.7 Å². The van der Waals surface area contributed by atoms with Gasteiger partial charge < -0.3 is 10.3 Å². The lowest BCUT2D eigenvalue weighted by molar-refractivity contribution is 0.637. The van der Waals surface area contributed by atoms with Crippen molar-refractivity contribution in [2.45, 2.75) is 26.7 Å². The molecule has 0 fully saturated rings. The lowest BCUT2D eigenvalue weighted by atomic mass is 10.0. The summed E-state index contributed by atoms with van der Waals surface area (Å²) in [6, 6.07) is 15.6. The van der Waals surface area contributed by atoms with Gasteiger partial charge in [0.15, 0.2) is 0 Å². The van der Waals surface area contributed by atoms with Gasteiger partial charge >= 0.3 is 0 Å². The second-order valence-electron chi connectivity index (χ2n) is 8.10. The fourth-order valence-electron chi connectivity index (χ4n) is 4.26. The molecule has 2 aromatic carbocycles. The number of thiophene rings is 1. The lowest BCUT2D eigenvalue weighted by Gasteiger charge is -2.07. The van der Waals surface area contributed by atoms with Crippen molar-refractivity contribution in [2.24, 2.45) is 0 Å². The average molecular weight is 456 g/mol. The van der Waals surface area contributed by atoms with Crippen LogP contribution in [0.1, 0.15) is 22.4 Å². The van der Waals surface area contributed by atoms with Crippen molar-refractivity contribution in [2.75, 3.05) is 11.9 Å². The number of nitriles is 1. The summed E-state index contributed by atoms with van der Waals surface area (Å²) in [4.78, 5) is 13.2. The van der Waals surface area contributed by atoms with Crippen molar-refractivity contribution >= 4 is 38.3 Å². The molecule has 0 radical (unpaired) electrons. The quantitative estimate of drug-likeness (QED) is 0.314. The fourth-order valence-corrected chi connectivity index (χ4v) is 5.34.